The highest BCUT2D eigenvalue weighted by atomic mass is 16.5. The van der Waals surface area contributed by atoms with Gasteiger partial charge in [0, 0.05) is 18.1 Å². The number of terminal acetylenes is 1. The van der Waals surface area contributed by atoms with Crippen LogP contribution in [0.2, 0.25) is 0 Å². The van der Waals surface area contributed by atoms with Crippen LogP contribution in [0.4, 0.5) is 0 Å². The van der Waals surface area contributed by atoms with E-state index in [9.17, 15) is 4.79 Å². The first-order valence-corrected chi connectivity index (χ1v) is 5.22. The van der Waals surface area contributed by atoms with Crippen LogP contribution in [0.1, 0.15) is 18.9 Å². The van der Waals surface area contributed by atoms with Gasteiger partial charge in [-0.05, 0) is 12.1 Å². The van der Waals surface area contributed by atoms with Crippen LogP contribution in [0.25, 0.3) is 0 Å². The Labute approximate surface area is 100 Å². The van der Waals surface area contributed by atoms with Crippen molar-refractivity contribution in [2.24, 2.45) is 0 Å². The van der Waals surface area contributed by atoms with Gasteiger partial charge in [-0.25, -0.2) is 0 Å². The van der Waals surface area contributed by atoms with Gasteiger partial charge in [0.15, 0.2) is 0 Å². The first-order valence-electron chi connectivity index (χ1n) is 5.22. The predicted octanol–water partition coefficient (Wildman–Crippen LogP) is 1.51. The summed E-state index contributed by atoms with van der Waals surface area (Å²) in [4.78, 5) is 11.1. The quantitative estimate of drug-likeness (QED) is 0.476. The summed E-state index contributed by atoms with van der Waals surface area (Å²) in [5, 5.41) is 9.10. The number of hydrogen-bond acceptors (Lipinski definition) is 4. The fourth-order valence-corrected chi connectivity index (χ4v) is 1.19. The van der Waals surface area contributed by atoms with Crippen LogP contribution >= 0.6 is 0 Å². The zero-order chi connectivity index (χ0) is 12.7. The van der Waals surface area contributed by atoms with E-state index in [1.165, 1.54) is 6.07 Å². The summed E-state index contributed by atoms with van der Waals surface area (Å²) in [5.74, 6) is 2.80. The third-order valence-corrected chi connectivity index (χ3v) is 2.04. The maximum Gasteiger partial charge on any atom is 0.310 e. The second-order valence-electron chi connectivity index (χ2n) is 3.25. The van der Waals surface area contributed by atoms with Crippen molar-refractivity contribution in [1.82, 2.24) is 0 Å². The van der Waals surface area contributed by atoms with Crippen molar-refractivity contribution >= 4 is 5.97 Å². The molecule has 0 saturated heterocycles. The highest BCUT2D eigenvalue weighted by Gasteiger charge is 2.07. The summed E-state index contributed by atoms with van der Waals surface area (Å²) in [6, 6.07) is 4.77. The van der Waals surface area contributed by atoms with Gasteiger partial charge in [0.2, 0.25) is 0 Å². The van der Waals surface area contributed by atoms with Gasteiger partial charge in [0.05, 0.1) is 6.61 Å². The van der Waals surface area contributed by atoms with Crippen LogP contribution in [-0.4, -0.2) is 17.7 Å². The Morgan fingerprint density at radius 2 is 2.29 bits per heavy atom. The lowest BCUT2D eigenvalue weighted by atomic mass is 10.2. The lowest BCUT2D eigenvalue weighted by Gasteiger charge is -2.10. The monoisotopic (exact) mass is 234 g/mol. The summed E-state index contributed by atoms with van der Waals surface area (Å²) in [6.45, 7) is 1.64. The molecular weight excluding hydrogens is 220 g/mol. The Hall–Kier alpha value is -1.99. The molecule has 0 saturated carbocycles. The van der Waals surface area contributed by atoms with Gasteiger partial charge >= 0.3 is 5.97 Å². The van der Waals surface area contributed by atoms with Crippen LogP contribution in [0.5, 0.6) is 11.5 Å². The molecule has 0 aliphatic rings. The maximum absolute atomic E-state index is 11.1. The maximum atomic E-state index is 11.1. The van der Waals surface area contributed by atoms with E-state index < -0.39 is 0 Å². The molecule has 4 nitrogen and oxygen atoms in total. The Kier molecular flexibility index (Phi) is 5.05. The fourth-order valence-electron chi connectivity index (χ4n) is 1.19. The van der Waals surface area contributed by atoms with E-state index in [4.69, 9.17) is 21.0 Å². The fraction of sp³-hybridized carbons (Fsp3) is 0.308. The predicted molar refractivity (Wildman–Crippen MR) is 62.6 cm³/mol. The average molecular weight is 234 g/mol. The molecule has 0 spiro atoms. The minimum Gasteiger partial charge on any atom is -0.480 e. The van der Waals surface area contributed by atoms with Crippen molar-refractivity contribution in [2.45, 2.75) is 20.0 Å². The van der Waals surface area contributed by atoms with Gasteiger partial charge in [-0.3, -0.25) is 4.79 Å². The van der Waals surface area contributed by atoms with Crippen molar-refractivity contribution in [1.29, 1.82) is 0 Å². The molecule has 0 fully saturated rings. The van der Waals surface area contributed by atoms with Gasteiger partial charge in [-0.15, -0.1) is 6.42 Å². The van der Waals surface area contributed by atoms with Crippen molar-refractivity contribution in [3.8, 4) is 23.8 Å². The Balaban J connectivity index is 2.88. The number of ether oxygens (including phenoxy) is 2. The number of hydrogen-bond donors (Lipinski definition) is 1. The molecule has 0 aliphatic carbocycles. The molecule has 90 valence electrons. The molecule has 1 aromatic carbocycles. The van der Waals surface area contributed by atoms with Gasteiger partial charge in [-0.1, -0.05) is 12.8 Å². The molecule has 1 rings (SSSR count). The highest BCUT2D eigenvalue weighted by Crippen LogP contribution is 2.25. The van der Waals surface area contributed by atoms with Gasteiger partial charge in [0.1, 0.15) is 18.1 Å². The van der Waals surface area contributed by atoms with Crippen LogP contribution < -0.4 is 9.47 Å². The Morgan fingerprint density at radius 3 is 2.88 bits per heavy atom. The van der Waals surface area contributed by atoms with E-state index in [0.29, 0.717) is 23.5 Å². The Morgan fingerprint density at radius 1 is 1.53 bits per heavy atom. The lowest BCUT2D eigenvalue weighted by Crippen LogP contribution is -2.06. The molecule has 0 aromatic heterocycles. The molecule has 0 atom stereocenters. The van der Waals surface area contributed by atoms with Crippen LogP contribution in [0.15, 0.2) is 18.2 Å². The van der Waals surface area contributed by atoms with E-state index in [0.717, 1.165) is 0 Å². The van der Waals surface area contributed by atoms with Gasteiger partial charge in [0.25, 0.3) is 0 Å². The first-order chi connectivity index (χ1) is 8.21. The summed E-state index contributed by atoms with van der Waals surface area (Å²) in [5.41, 5.74) is 0.594. The zero-order valence-electron chi connectivity index (χ0n) is 9.60. The van der Waals surface area contributed by atoms with Crippen LogP contribution in [0, 0.1) is 12.3 Å². The lowest BCUT2D eigenvalue weighted by molar-refractivity contribution is -0.134. The number of carbonyl (C=O) groups excluding carboxylic acids is 1. The van der Waals surface area contributed by atoms with E-state index in [1.807, 2.05) is 0 Å². The van der Waals surface area contributed by atoms with Crippen molar-refractivity contribution < 1.29 is 19.4 Å². The average Bonchev–Trinajstić information content (AvgIpc) is 2.36. The molecule has 1 N–H and O–H groups in total. The third-order valence-electron chi connectivity index (χ3n) is 2.04. The van der Waals surface area contributed by atoms with Crippen LogP contribution in [-0.2, 0) is 11.4 Å². The van der Waals surface area contributed by atoms with Crippen LogP contribution in [0.3, 0.4) is 0 Å². The van der Waals surface area contributed by atoms with Crippen molar-refractivity contribution in [3.63, 3.8) is 0 Å². The normalized spacial score (nSPS) is 9.47. The minimum absolute atomic E-state index is 0.0954. The van der Waals surface area contributed by atoms with E-state index in [1.54, 1.807) is 19.1 Å². The van der Waals surface area contributed by atoms with E-state index in [-0.39, 0.29) is 19.2 Å². The molecule has 0 amide bonds. The number of rotatable bonds is 5. The number of esters is 1. The number of carbonyl (C=O) groups is 1. The highest BCUT2D eigenvalue weighted by molar-refractivity contribution is 5.72. The molecular formula is C13H14O4. The molecule has 4 heteroatoms. The van der Waals surface area contributed by atoms with Crippen molar-refractivity contribution in [3.05, 3.63) is 23.8 Å². The standard InChI is InChI=1S/C13H14O4/c1-3-7-16-12-8-11(17-13(15)4-2)6-5-10(12)9-14/h1,5-6,8,14H,4,7,9H2,2H3. The molecule has 1 aromatic rings. The number of aliphatic hydroxyl groups excluding tert-OH is 1. The van der Waals surface area contributed by atoms with E-state index >= 15 is 0 Å². The molecule has 0 bridgehead atoms. The first kappa shape index (κ1) is 13.1. The Bertz CT molecular complexity index is 432. The zero-order valence-corrected chi connectivity index (χ0v) is 9.60. The number of aliphatic hydroxyl groups is 1. The SMILES string of the molecule is C#CCOc1cc(OC(=O)CC)ccc1CO. The molecule has 0 aliphatic heterocycles. The summed E-state index contributed by atoms with van der Waals surface area (Å²) in [7, 11) is 0. The number of benzene rings is 1. The second kappa shape index (κ2) is 6.56. The smallest absolute Gasteiger partial charge is 0.310 e. The molecule has 0 heterocycles. The largest absolute Gasteiger partial charge is 0.480 e. The minimum atomic E-state index is -0.329. The molecule has 0 unspecified atom stereocenters. The summed E-state index contributed by atoms with van der Waals surface area (Å²) in [6.07, 6.45) is 5.38. The summed E-state index contributed by atoms with van der Waals surface area (Å²) >= 11 is 0. The molecule has 0 radical (unpaired) electrons. The van der Waals surface area contributed by atoms with Gasteiger partial charge < -0.3 is 14.6 Å². The topological polar surface area (TPSA) is 55.8 Å². The van der Waals surface area contributed by atoms with E-state index in [2.05, 4.69) is 5.92 Å². The van der Waals surface area contributed by atoms with Gasteiger partial charge in [-0.2, -0.15) is 0 Å². The summed E-state index contributed by atoms with van der Waals surface area (Å²) < 4.78 is 10.3. The second-order valence-corrected chi connectivity index (χ2v) is 3.25. The molecule has 17 heavy (non-hydrogen) atoms. The third kappa shape index (κ3) is 3.82. The van der Waals surface area contributed by atoms with Crippen molar-refractivity contribution in [2.75, 3.05) is 6.61 Å².